The number of anilines is 1. The third-order valence-electron chi connectivity index (χ3n) is 5.71. The molecule has 0 aliphatic carbocycles. The summed E-state index contributed by atoms with van der Waals surface area (Å²) in [5.41, 5.74) is 2.33. The van der Waals surface area contributed by atoms with E-state index in [0.29, 0.717) is 31.7 Å². The fourth-order valence-electron chi connectivity index (χ4n) is 3.96. The van der Waals surface area contributed by atoms with Crippen LogP contribution in [0.25, 0.3) is 0 Å². The van der Waals surface area contributed by atoms with Gasteiger partial charge in [0, 0.05) is 37.5 Å². The molecule has 3 aromatic carbocycles. The van der Waals surface area contributed by atoms with E-state index in [-0.39, 0.29) is 23.7 Å². The van der Waals surface area contributed by atoms with Crippen molar-refractivity contribution in [1.82, 2.24) is 9.80 Å². The number of amides is 3. The van der Waals surface area contributed by atoms with Crippen molar-refractivity contribution in [2.75, 3.05) is 25.0 Å². The predicted octanol–water partition coefficient (Wildman–Crippen LogP) is 4.25. The van der Waals surface area contributed by atoms with Crippen LogP contribution in [0, 0.1) is 10.1 Å². The molecule has 0 saturated carbocycles. The summed E-state index contributed by atoms with van der Waals surface area (Å²) in [6.07, 6.45) is 0.317. The Hall–Kier alpha value is -4.20. The van der Waals surface area contributed by atoms with Gasteiger partial charge in [0.15, 0.2) is 0 Å². The van der Waals surface area contributed by atoms with E-state index in [9.17, 15) is 19.7 Å². The number of nitro benzene ring substituents is 1. The Morgan fingerprint density at radius 2 is 1.55 bits per heavy atom. The van der Waals surface area contributed by atoms with E-state index in [2.05, 4.69) is 5.32 Å². The summed E-state index contributed by atoms with van der Waals surface area (Å²) in [6.45, 7) is 1.20. The summed E-state index contributed by atoms with van der Waals surface area (Å²) < 4.78 is 0. The topological polar surface area (TPSA) is 95.8 Å². The van der Waals surface area contributed by atoms with Crippen molar-refractivity contribution >= 4 is 23.3 Å². The van der Waals surface area contributed by atoms with Gasteiger partial charge in [-0.25, -0.2) is 4.79 Å². The molecule has 1 fully saturated rings. The first-order valence-corrected chi connectivity index (χ1v) is 10.7. The molecule has 0 spiro atoms. The lowest BCUT2D eigenvalue weighted by atomic mass is 10.0. The van der Waals surface area contributed by atoms with Gasteiger partial charge in [-0.1, -0.05) is 60.7 Å². The summed E-state index contributed by atoms with van der Waals surface area (Å²) in [6, 6.07) is 24.3. The smallest absolute Gasteiger partial charge is 0.322 e. The number of piperazine rings is 1. The molecule has 3 amide bonds. The van der Waals surface area contributed by atoms with E-state index in [1.165, 1.54) is 24.3 Å². The summed E-state index contributed by atoms with van der Waals surface area (Å²) in [7, 11) is 0. The van der Waals surface area contributed by atoms with Crippen molar-refractivity contribution < 1.29 is 14.5 Å². The zero-order valence-corrected chi connectivity index (χ0v) is 18.0. The zero-order valence-electron chi connectivity index (χ0n) is 18.0. The van der Waals surface area contributed by atoms with Crippen molar-refractivity contribution in [2.45, 2.75) is 12.5 Å². The molecule has 0 radical (unpaired) electrons. The average Bonchev–Trinajstić information content (AvgIpc) is 2.85. The number of hydrogen-bond donors (Lipinski definition) is 1. The van der Waals surface area contributed by atoms with Crippen molar-refractivity contribution in [2.24, 2.45) is 0 Å². The van der Waals surface area contributed by atoms with E-state index < -0.39 is 4.92 Å². The van der Waals surface area contributed by atoms with Crippen LogP contribution in [0.4, 0.5) is 16.2 Å². The summed E-state index contributed by atoms with van der Waals surface area (Å²) >= 11 is 0. The van der Waals surface area contributed by atoms with E-state index in [4.69, 9.17) is 0 Å². The number of carbonyl (C=O) groups is 2. The lowest BCUT2D eigenvalue weighted by molar-refractivity contribution is -0.384. The van der Waals surface area contributed by atoms with Crippen LogP contribution in [0.3, 0.4) is 0 Å². The number of rotatable bonds is 5. The highest BCUT2D eigenvalue weighted by atomic mass is 16.6. The molecule has 1 unspecified atom stereocenters. The number of nitrogens with one attached hydrogen (secondary N) is 1. The molecule has 0 bridgehead atoms. The third-order valence-corrected chi connectivity index (χ3v) is 5.71. The summed E-state index contributed by atoms with van der Waals surface area (Å²) in [4.78, 5) is 40.0. The molecule has 0 aromatic heterocycles. The lowest BCUT2D eigenvalue weighted by Gasteiger charge is -2.41. The molecule has 8 nitrogen and oxygen atoms in total. The Bertz CT molecular complexity index is 1120. The van der Waals surface area contributed by atoms with E-state index in [1.807, 2.05) is 60.7 Å². The fourth-order valence-corrected chi connectivity index (χ4v) is 3.96. The van der Waals surface area contributed by atoms with Gasteiger partial charge in [-0.15, -0.1) is 0 Å². The normalized spacial score (nSPS) is 15.7. The van der Waals surface area contributed by atoms with Crippen molar-refractivity contribution in [3.8, 4) is 0 Å². The maximum atomic E-state index is 13.1. The highest BCUT2D eigenvalue weighted by Gasteiger charge is 2.33. The van der Waals surface area contributed by atoms with Gasteiger partial charge >= 0.3 is 6.03 Å². The van der Waals surface area contributed by atoms with Gasteiger partial charge in [-0.3, -0.25) is 14.9 Å². The molecule has 1 aliphatic rings. The van der Waals surface area contributed by atoms with Crippen molar-refractivity contribution in [3.05, 3.63) is 106 Å². The molecule has 3 aromatic rings. The van der Waals surface area contributed by atoms with Gasteiger partial charge in [0.05, 0.1) is 17.4 Å². The molecule has 8 heteroatoms. The monoisotopic (exact) mass is 444 g/mol. The highest BCUT2D eigenvalue weighted by Crippen LogP contribution is 2.27. The SMILES string of the molecule is O=C(Cc1ccccc1)N1CCN(C(=O)Nc2ccc([N+](=O)[O-])cc2)C(c2ccccc2)C1. The molecule has 1 aliphatic heterocycles. The second kappa shape index (κ2) is 9.95. The summed E-state index contributed by atoms with van der Waals surface area (Å²) in [5, 5.41) is 13.7. The minimum Gasteiger partial charge on any atom is -0.338 e. The number of nitrogens with zero attached hydrogens (tertiary/aromatic N) is 3. The van der Waals surface area contributed by atoms with Gasteiger partial charge in [0.1, 0.15) is 0 Å². The number of non-ortho nitro benzene ring substituents is 1. The Labute approximate surface area is 191 Å². The van der Waals surface area contributed by atoms with E-state index >= 15 is 0 Å². The van der Waals surface area contributed by atoms with Crippen LogP contribution < -0.4 is 5.32 Å². The fraction of sp³-hybridized carbons (Fsp3) is 0.200. The molecule has 168 valence electrons. The molecular formula is C25H24N4O4. The van der Waals surface area contributed by atoms with E-state index in [1.54, 1.807) is 9.80 Å². The van der Waals surface area contributed by atoms with Crippen LogP contribution in [0.2, 0.25) is 0 Å². The van der Waals surface area contributed by atoms with Gasteiger partial charge in [0.25, 0.3) is 5.69 Å². The minimum atomic E-state index is -0.483. The third kappa shape index (κ3) is 5.35. The molecule has 1 N–H and O–H groups in total. The molecule has 1 atom stereocenters. The molecule has 1 heterocycles. The first-order valence-electron chi connectivity index (χ1n) is 10.7. The number of benzene rings is 3. The average molecular weight is 444 g/mol. The minimum absolute atomic E-state index is 0.0255. The van der Waals surface area contributed by atoms with Crippen LogP contribution in [0.1, 0.15) is 17.2 Å². The number of nitro groups is 1. The van der Waals surface area contributed by atoms with Crippen LogP contribution >= 0.6 is 0 Å². The molecule has 4 rings (SSSR count). The zero-order chi connectivity index (χ0) is 23.2. The second-order valence-corrected chi connectivity index (χ2v) is 7.86. The number of hydrogen-bond acceptors (Lipinski definition) is 4. The van der Waals surface area contributed by atoms with Crippen molar-refractivity contribution in [1.29, 1.82) is 0 Å². The Balaban J connectivity index is 1.49. The molecular weight excluding hydrogens is 420 g/mol. The standard InChI is InChI=1S/C25H24N4O4/c30-24(17-19-7-3-1-4-8-19)27-15-16-28(23(18-27)20-9-5-2-6-10-20)25(31)26-21-11-13-22(14-12-21)29(32)33/h1-14,23H,15-18H2,(H,26,31). The van der Waals surface area contributed by atoms with E-state index in [0.717, 1.165) is 11.1 Å². The molecule has 33 heavy (non-hydrogen) atoms. The van der Waals surface area contributed by atoms with Crippen LogP contribution in [-0.4, -0.2) is 46.3 Å². The van der Waals surface area contributed by atoms with Crippen LogP contribution in [-0.2, 0) is 11.2 Å². The first-order chi connectivity index (χ1) is 16.0. The van der Waals surface area contributed by atoms with Crippen LogP contribution in [0.15, 0.2) is 84.9 Å². The Morgan fingerprint density at radius 3 is 2.18 bits per heavy atom. The maximum Gasteiger partial charge on any atom is 0.322 e. The van der Waals surface area contributed by atoms with Crippen LogP contribution in [0.5, 0.6) is 0 Å². The highest BCUT2D eigenvalue weighted by molar-refractivity contribution is 5.90. The van der Waals surface area contributed by atoms with Gasteiger partial charge in [-0.2, -0.15) is 0 Å². The summed E-state index contributed by atoms with van der Waals surface area (Å²) in [5.74, 6) is 0.0255. The second-order valence-electron chi connectivity index (χ2n) is 7.86. The van der Waals surface area contributed by atoms with Gasteiger partial charge in [0.2, 0.25) is 5.91 Å². The maximum absolute atomic E-state index is 13.1. The number of urea groups is 1. The van der Waals surface area contributed by atoms with Crippen molar-refractivity contribution in [3.63, 3.8) is 0 Å². The lowest BCUT2D eigenvalue weighted by Crippen LogP contribution is -2.53. The first kappa shape index (κ1) is 22.0. The van der Waals surface area contributed by atoms with Gasteiger partial charge < -0.3 is 15.1 Å². The number of carbonyl (C=O) groups excluding carboxylic acids is 2. The Kier molecular flexibility index (Phi) is 6.64. The largest absolute Gasteiger partial charge is 0.338 e. The molecule has 1 saturated heterocycles. The Morgan fingerprint density at radius 1 is 0.909 bits per heavy atom. The van der Waals surface area contributed by atoms with Gasteiger partial charge in [-0.05, 0) is 23.3 Å². The predicted molar refractivity (Wildman–Crippen MR) is 125 cm³/mol. The quantitative estimate of drug-likeness (QED) is 0.470.